The lowest BCUT2D eigenvalue weighted by molar-refractivity contribution is -0.130. The zero-order valence-corrected chi connectivity index (χ0v) is 20.7. The molecule has 0 heterocycles. The number of carbonyl (C=O) groups is 3. The molecule has 3 amide bonds. The number of hydrogen-bond acceptors (Lipinski definition) is 5. The molecule has 0 bridgehead atoms. The van der Waals surface area contributed by atoms with Gasteiger partial charge in [0.15, 0.2) is 6.61 Å². The lowest BCUT2D eigenvalue weighted by atomic mass is 9.89. The molecule has 1 aliphatic rings. The van der Waals surface area contributed by atoms with Gasteiger partial charge in [-0.25, -0.2) is 0 Å². The fourth-order valence-corrected chi connectivity index (χ4v) is 4.61. The summed E-state index contributed by atoms with van der Waals surface area (Å²) < 4.78 is 5.46. The van der Waals surface area contributed by atoms with Gasteiger partial charge in [-0.1, -0.05) is 31.4 Å². The number of nitrogens with one attached hydrogen (secondary N) is 2. The van der Waals surface area contributed by atoms with Crippen molar-refractivity contribution in [3.05, 3.63) is 54.1 Å². The quantitative estimate of drug-likeness (QED) is 0.495. The Morgan fingerprint density at radius 1 is 1.00 bits per heavy atom. The molecule has 1 saturated carbocycles. The van der Waals surface area contributed by atoms with Gasteiger partial charge in [0.1, 0.15) is 5.75 Å². The van der Waals surface area contributed by atoms with E-state index < -0.39 is 0 Å². The minimum atomic E-state index is -0.248. The first-order valence-corrected chi connectivity index (χ1v) is 12.6. The van der Waals surface area contributed by atoms with Crippen LogP contribution in [0.4, 0.5) is 5.69 Å². The van der Waals surface area contributed by atoms with E-state index in [0.717, 1.165) is 11.4 Å². The largest absolute Gasteiger partial charge is 0.484 e. The van der Waals surface area contributed by atoms with Crippen LogP contribution in [0.2, 0.25) is 0 Å². The highest BCUT2D eigenvalue weighted by Crippen LogP contribution is 2.25. The molecule has 0 atom stereocenters. The van der Waals surface area contributed by atoms with E-state index in [0.29, 0.717) is 22.9 Å². The van der Waals surface area contributed by atoms with Gasteiger partial charge in [0.2, 0.25) is 5.91 Å². The molecule has 0 spiro atoms. The van der Waals surface area contributed by atoms with Crippen LogP contribution in [0.3, 0.4) is 0 Å². The average molecular weight is 484 g/mol. The first kappa shape index (κ1) is 25.6. The molecule has 0 radical (unpaired) electrons. The van der Waals surface area contributed by atoms with Crippen molar-refractivity contribution in [3.63, 3.8) is 0 Å². The second kappa shape index (κ2) is 13.0. The maximum absolute atomic E-state index is 12.9. The minimum absolute atomic E-state index is 0.00544. The molecular formula is C26H33N3O4S. The Kier molecular flexibility index (Phi) is 9.82. The summed E-state index contributed by atoms with van der Waals surface area (Å²) >= 11 is 1.37. The molecule has 3 rings (SSSR count). The molecule has 8 heteroatoms. The van der Waals surface area contributed by atoms with Crippen LogP contribution in [-0.4, -0.2) is 55.6 Å². The van der Waals surface area contributed by atoms with Crippen molar-refractivity contribution >= 4 is 35.2 Å². The molecule has 0 saturated heterocycles. The number of likely N-dealkylation sites (N-methyl/N-ethyl adjacent to an activating group) is 1. The highest BCUT2D eigenvalue weighted by Gasteiger charge is 2.16. The van der Waals surface area contributed by atoms with Crippen molar-refractivity contribution in [2.45, 2.75) is 37.0 Å². The Morgan fingerprint density at radius 2 is 1.71 bits per heavy atom. The summed E-state index contributed by atoms with van der Waals surface area (Å²) in [6.07, 6.45) is 6.19. The number of rotatable bonds is 10. The molecule has 0 aliphatic heterocycles. The zero-order valence-electron chi connectivity index (χ0n) is 19.8. The van der Waals surface area contributed by atoms with Gasteiger partial charge in [-0.2, -0.15) is 0 Å². The normalized spacial score (nSPS) is 13.7. The molecular weight excluding hydrogens is 450 g/mol. The second-order valence-electron chi connectivity index (χ2n) is 8.65. The molecule has 1 fully saturated rings. The lowest BCUT2D eigenvalue weighted by Crippen LogP contribution is -2.31. The molecule has 0 aromatic heterocycles. The van der Waals surface area contributed by atoms with Crippen LogP contribution in [0.15, 0.2) is 53.4 Å². The van der Waals surface area contributed by atoms with Crippen LogP contribution < -0.4 is 15.4 Å². The standard InChI is InChI=1S/C26H33N3O4S/c1-29(2)25(31)17-33-21-14-12-20(13-15-21)28-26(32)22-10-6-7-11-23(22)34-18-24(30)27-16-19-8-4-3-5-9-19/h6-7,10-15,19H,3-5,8-9,16-18H2,1-2H3,(H,27,30)(H,28,32). The van der Waals surface area contributed by atoms with E-state index in [1.165, 1.54) is 48.8 Å². The smallest absolute Gasteiger partial charge is 0.259 e. The number of thioether (sulfide) groups is 1. The monoisotopic (exact) mass is 483 g/mol. The average Bonchev–Trinajstić information content (AvgIpc) is 2.86. The van der Waals surface area contributed by atoms with E-state index in [1.807, 2.05) is 12.1 Å². The maximum atomic E-state index is 12.9. The summed E-state index contributed by atoms with van der Waals surface area (Å²) in [6, 6.07) is 14.1. The highest BCUT2D eigenvalue weighted by molar-refractivity contribution is 8.00. The summed E-state index contributed by atoms with van der Waals surface area (Å²) in [5, 5.41) is 5.93. The second-order valence-corrected chi connectivity index (χ2v) is 9.67. The van der Waals surface area contributed by atoms with Crippen molar-refractivity contribution in [1.82, 2.24) is 10.2 Å². The first-order valence-electron chi connectivity index (χ1n) is 11.7. The van der Waals surface area contributed by atoms with Crippen LogP contribution in [-0.2, 0) is 9.59 Å². The fraction of sp³-hybridized carbons (Fsp3) is 0.423. The molecule has 34 heavy (non-hydrogen) atoms. The maximum Gasteiger partial charge on any atom is 0.259 e. The zero-order chi connectivity index (χ0) is 24.3. The van der Waals surface area contributed by atoms with Gasteiger partial charge < -0.3 is 20.3 Å². The predicted octanol–water partition coefficient (Wildman–Crippen LogP) is 4.19. The van der Waals surface area contributed by atoms with Crippen molar-refractivity contribution in [1.29, 1.82) is 0 Å². The van der Waals surface area contributed by atoms with Gasteiger partial charge >= 0.3 is 0 Å². The number of amides is 3. The van der Waals surface area contributed by atoms with Gasteiger partial charge in [0.25, 0.3) is 11.8 Å². The Labute approximate surface area is 205 Å². The summed E-state index contributed by atoms with van der Waals surface area (Å²) in [6.45, 7) is 0.697. The molecule has 0 unspecified atom stereocenters. The van der Waals surface area contributed by atoms with Crippen LogP contribution in [0.25, 0.3) is 0 Å². The topological polar surface area (TPSA) is 87.7 Å². The number of ether oxygens (including phenoxy) is 1. The van der Waals surface area contributed by atoms with Gasteiger partial charge in [0.05, 0.1) is 11.3 Å². The fourth-order valence-electron chi connectivity index (χ4n) is 3.73. The van der Waals surface area contributed by atoms with Crippen molar-refractivity contribution in [3.8, 4) is 5.75 Å². The molecule has 7 nitrogen and oxygen atoms in total. The van der Waals surface area contributed by atoms with E-state index in [2.05, 4.69) is 10.6 Å². The molecule has 2 N–H and O–H groups in total. The Hall–Kier alpha value is -3.00. The number of carbonyl (C=O) groups excluding carboxylic acids is 3. The van der Waals surface area contributed by atoms with Gasteiger partial charge in [-0.15, -0.1) is 11.8 Å². The molecule has 182 valence electrons. The van der Waals surface area contributed by atoms with Gasteiger partial charge in [0, 0.05) is 31.2 Å². The number of nitrogens with zero attached hydrogens (tertiary/aromatic N) is 1. The predicted molar refractivity (Wildman–Crippen MR) is 135 cm³/mol. The van der Waals surface area contributed by atoms with Crippen molar-refractivity contribution in [2.75, 3.05) is 38.3 Å². The van der Waals surface area contributed by atoms with Crippen LogP contribution in [0.1, 0.15) is 42.5 Å². The van der Waals surface area contributed by atoms with Crippen LogP contribution >= 0.6 is 11.8 Å². The number of hydrogen-bond donors (Lipinski definition) is 2. The third kappa shape index (κ3) is 8.09. The van der Waals surface area contributed by atoms with Crippen LogP contribution in [0.5, 0.6) is 5.75 Å². The van der Waals surface area contributed by atoms with E-state index in [1.54, 1.807) is 50.5 Å². The Balaban J connectivity index is 1.50. The SMILES string of the molecule is CN(C)C(=O)COc1ccc(NC(=O)c2ccccc2SCC(=O)NCC2CCCCC2)cc1. The highest BCUT2D eigenvalue weighted by atomic mass is 32.2. The van der Waals surface area contributed by atoms with Gasteiger partial charge in [-0.3, -0.25) is 14.4 Å². The third-order valence-corrected chi connectivity index (χ3v) is 6.85. The third-order valence-electron chi connectivity index (χ3n) is 5.78. The lowest BCUT2D eigenvalue weighted by Gasteiger charge is -2.21. The van der Waals surface area contributed by atoms with E-state index >= 15 is 0 Å². The molecule has 1 aliphatic carbocycles. The van der Waals surface area contributed by atoms with E-state index in [4.69, 9.17) is 4.74 Å². The van der Waals surface area contributed by atoms with Crippen molar-refractivity contribution in [2.24, 2.45) is 5.92 Å². The summed E-state index contributed by atoms with van der Waals surface area (Å²) in [5.74, 6) is 1.02. The Morgan fingerprint density at radius 3 is 2.41 bits per heavy atom. The van der Waals surface area contributed by atoms with E-state index in [-0.39, 0.29) is 30.1 Å². The molecule has 2 aromatic carbocycles. The summed E-state index contributed by atoms with van der Waals surface area (Å²) in [5.41, 5.74) is 1.13. The summed E-state index contributed by atoms with van der Waals surface area (Å²) in [4.78, 5) is 39.1. The summed E-state index contributed by atoms with van der Waals surface area (Å²) in [7, 11) is 3.34. The number of benzene rings is 2. The Bertz CT molecular complexity index is 972. The van der Waals surface area contributed by atoms with Crippen molar-refractivity contribution < 1.29 is 19.1 Å². The number of anilines is 1. The van der Waals surface area contributed by atoms with E-state index in [9.17, 15) is 14.4 Å². The molecule has 2 aromatic rings. The minimum Gasteiger partial charge on any atom is -0.484 e. The van der Waals surface area contributed by atoms with Crippen LogP contribution in [0, 0.1) is 5.92 Å². The van der Waals surface area contributed by atoms with Gasteiger partial charge in [-0.05, 0) is 55.2 Å². The first-order chi connectivity index (χ1) is 16.4.